The molecule has 0 bridgehead atoms. The second kappa shape index (κ2) is 6.29. The quantitative estimate of drug-likeness (QED) is 0.912. The van der Waals surface area contributed by atoms with Gasteiger partial charge in [0.25, 0.3) is 5.91 Å². The molecule has 1 atom stereocenters. The minimum atomic E-state index is -0.702. The lowest BCUT2D eigenvalue weighted by Crippen LogP contribution is -2.30. The summed E-state index contributed by atoms with van der Waals surface area (Å²) in [5.41, 5.74) is 0.534. The van der Waals surface area contributed by atoms with E-state index in [0.717, 1.165) is 0 Å². The van der Waals surface area contributed by atoms with Gasteiger partial charge in [0.15, 0.2) is 6.10 Å². The summed E-state index contributed by atoms with van der Waals surface area (Å²) < 4.78 is 5.47. The second-order valence-electron chi connectivity index (χ2n) is 3.96. The average Bonchev–Trinajstić information content (AvgIpc) is 2.49. The number of benzene rings is 1. The Morgan fingerprint density at radius 1 is 1.30 bits per heavy atom. The highest BCUT2D eigenvalue weighted by atomic mass is 16.5. The Morgan fingerprint density at radius 2 is 1.95 bits per heavy atom. The molecule has 1 unspecified atom stereocenters. The molecule has 2 rings (SSSR count). The van der Waals surface area contributed by atoms with Gasteiger partial charge in [0, 0.05) is 12.4 Å². The summed E-state index contributed by atoms with van der Waals surface area (Å²) in [4.78, 5) is 19.7. The third-order valence-electron chi connectivity index (χ3n) is 2.47. The summed E-state index contributed by atoms with van der Waals surface area (Å²) in [6.07, 6.45) is 2.37. The maximum Gasteiger partial charge on any atom is 0.267 e. The van der Waals surface area contributed by atoms with E-state index < -0.39 is 6.10 Å². The van der Waals surface area contributed by atoms with Gasteiger partial charge in [-0.2, -0.15) is 5.26 Å². The van der Waals surface area contributed by atoms with Gasteiger partial charge in [0.05, 0.1) is 11.6 Å². The Labute approximate surface area is 116 Å². The minimum Gasteiger partial charge on any atom is -0.481 e. The molecule has 20 heavy (non-hydrogen) atoms. The zero-order chi connectivity index (χ0) is 14.4. The summed E-state index contributed by atoms with van der Waals surface area (Å²) in [5.74, 6) is 0.397. The van der Waals surface area contributed by atoms with Crippen molar-refractivity contribution < 1.29 is 9.53 Å². The van der Waals surface area contributed by atoms with E-state index in [0.29, 0.717) is 11.3 Å². The van der Waals surface area contributed by atoms with Crippen LogP contribution in [-0.4, -0.2) is 22.0 Å². The molecule has 1 amide bonds. The molecular weight excluding hydrogens is 256 g/mol. The number of rotatable bonds is 4. The van der Waals surface area contributed by atoms with E-state index in [1.165, 1.54) is 12.4 Å². The van der Waals surface area contributed by atoms with Crippen LogP contribution in [0.25, 0.3) is 0 Å². The Morgan fingerprint density at radius 3 is 2.55 bits per heavy atom. The maximum atomic E-state index is 11.9. The fraction of sp³-hybridized carbons (Fsp3) is 0.143. The number of hydrogen-bond donors (Lipinski definition) is 1. The van der Waals surface area contributed by atoms with E-state index in [9.17, 15) is 4.79 Å². The molecule has 1 heterocycles. The van der Waals surface area contributed by atoms with Crippen LogP contribution in [0.2, 0.25) is 0 Å². The van der Waals surface area contributed by atoms with E-state index in [-0.39, 0.29) is 11.9 Å². The summed E-state index contributed by atoms with van der Waals surface area (Å²) in [6.45, 7) is 1.62. The molecule has 0 aliphatic rings. The molecule has 1 aromatic heterocycles. The van der Waals surface area contributed by atoms with Gasteiger partial charge < -0.3 is 4.74 Å². The molecule has 0 saturated carbocycles. The largest absolute Gasteiger partial charge is 0.481 e. The number of carbonyl (C=O) groups excluding carboxylic acids is 1. The van der Waals surface area contributed by atoms with Crippen molar-refractivity contribution in [1.82, 2.24) is 9.97 Å². The van der Waals surface area contributed by atoms with E-state index in [1.54, 1.807) is 37.3 Å². The normalized spacial score (nSPS) is 11.2. The Bertz CT molecular complexity index is 620. The van der Waals surface area contributed by atoms with Gasteiger partial charge in [0.1, 0.15) is 5.75 Å². The fourth-order valence-corrected chi connectivity index (χ4v) is 1.44. The number of hydrogen-bond acceptors (Lipinski definition) is 5. The standard InChI is InChI=1S/C14H12N4O2/c1-10(13(19)18-14-16-7-2-8-17-14)20-12-5-3-11(9-15)4-6-12/h2-8,10H,1H3,(H,16,17,18,19). The van der Waals surface area contributed by atoms with Crippen LogP contribution in [-0.2, 0) is 4.79 Å². The topological polar surface area (TPSA) is 87.9 Å². The smallest absolute Gasteiger partial charge is 0.267 e. The van der Waals surface area contributed by atoms with Crippen LogP contribution in [0.15, 0.2) is 42.7 Å². The van der Waals surface area contributed by atoms with Crippen molar-refractivity contribution in [3.8, 4) is 11.8 Å². The number of amides is 1. The molecular formula is C14H12N4O2. The predicted octanol–water partition coefficient (Wildman–Crippen LogP) is 1.75. The summed E-state index contributed by atoms with van der Waals surface area (Å²) >= 11 is 0. The molecule has 0 aliphatic carbocycles. The molecule has 0 spiro atoms. The first-order valence-electron chi connectivity index (χ1n) is 5.94. The predicted molar refractivity (Wildman–Crippen MR) is 71.9 cm³/mol. The third-order valence-corrected chi connectivity index (χ3v) is 2.47. The van der Waals surface area contributed by atoms with Gasteiger partial charge >= 0.3 is 0 Å². The van der Waals surface area contributed by atoms with Crippen molar-refractivity contribution in [3.05, 3.63) is 48.3 Å². The molecule has 6 heteroatoms. The van der Waals surface area contributed by atoms with E-state index in [4.69, 9.17) is 10.00 Å². The van der Waals surface area contributed by atoms with Crippen LogP contribution in [0.3, 0.4) is 0 Å². The molecule has 0 saturated heterocycles. The van der Waals surface area contributed by atoms with E-state index >= 15 is 0 Å². The van der Waals surface area contributed by atoms with Crippen LogP contribution in [0, 0.1) is 11.3 Å². The summed E-state index contributed by atoms with van der Waals surface area (Å²) in [6, 6.07) is 10.2. The van der Waals surface area contributed by atoms with E-state index in [2.05, 4.69) is 15.3 Å². The number of carbonyl (C=O) groups is 1. The SMILES string of the molecule is CC(Oc1ccc(C#N)cc1)C(=O)Nc1ncccn1. The highest BCUT2D eigenvalue weighted by Crippen LogP contribution is 2.13. The Hall–Kier alpha value is -2.94. The Kier molecular flexibility index (Phi) is 4.24. The van der Waals surface area contributed by atoms with Gasteiger partial charge in [0.2, 0.25) is 5.95 Å². The first-order chi connectivity index (χ1) is 9.69. The van der Waals surface area contributed by atoms with Gasteiger partial charge in [-0.1, -0.05) is 0 Å². The zero-order valence-electron chi connectivity index (χ0n) is 10.8. The first kappa shape index (κ1) is 13.5. The van der Waals surface area contributed by atoms with Crippen molar-refractivity contribution in [2.45, 2.75) is 13.0 Å². The second-order valence-corrected chi connectivity index (χ2v) is 3.96. The van der Waals surface area contributed by atoms with Crippen LogP contribution in [0.5, 0.6) is 5.75 Å². The minimum absolute atomic E-state index is 0.229. The Balaban J connectivity index is 1.95. The molecule has 100 valence electrons. The van der Waals surface area contributed by atoms with Crippen molar-refractivity contribution in [3.63, 3.8) is 0 Å². The number of ether oxygens (including phenoxy) is 1. The number of nitrogens with one attached hydrogen (secondary N) is 1. The van der Waals surface area contributed by atoms with Gasteiger partial charge in [-0.05, 0) is 37.3 Å². The average molecular weight is 268 g/mol. The molecule has 6 nitrogen and oxygen atoms in total. The summed E-state index contributed by atoms with van der Waals surface area (Å²) in [5, 5.41) is 11.2. The first-order valence-corrected chi connectivity index (χ1v) is 5.94. The number of nitriles is 1. The lowest BCUT2D eigenvalue weighted by atomic mass is 10.2. The van der Waals surface area contributed by atoms with E-state index in [1.807, 2.05) is 6.07 Å². The highest BCUT2D eigenvalue weighted by Gasteiger charge is 2.15. The van der Waals surface area contributed by atoms with Crippen molar-refractivity contribution in [1.29, 1.82) is 5.26 Å². The van der Waals surface area contributed by atoms with Crippen molar-refractivity contribution in [2.24, 2.45) is 0 Å². The molecule has 2 aromatic rings. The highest BCUT2D eigenvalue weighted by molar-refractivity contribution is 5.92. The van der Waals surface area contributed by atoms with Crippen LogP contribution in [0.4, 0.5) is 5.95 Å². The summed E-state index contributed by atoms with van der Waals surface area (Å²) in [7, 11) is 0. The number of nitrogens with zero attached hydrogens (tertiary/aromatic N) is 3. The third kappa shape index (κ3) is 3.53. The van der Waals surface area contributed by atoms with Crippen molar-refractivity contribution >= 4 is 11.9 Å². The lowest BCUT2D eigenvalue weighted by Gasteiger charge is -2.13. The zero-order valence-corrected chi connectivity index (χ0v) is 10.8. The maximum absolute atomic E-state index is 11.9. The monoisotopic (exact) mass is 268 g/mol. The van der Waals surface area contributed by atoms with Crippen molar-refractivity contribution in [2.75, 3.05) is 5.32 Å². The number of aromatic nitrogens is 2. The van der Waals surface area contributed by atoms with Crippen LogP contribution in [0.1, 0.15) is 12.5 Å². The molecule has 0 fully saturated rings. The van der Waals surface area contributed by atoms with Crippen LogP contribution >= 0.6 is 0 Å². The molecule has 0 aliphatic heterocycles. The molecule has 1 aromatic carbocycles. The molecule has 0 radical (unpaired) electrons. The fourth-order valence-electron chi connectivity index (χ4n) is 1.44. The van der Waals surface area contributed by atoms with Gasteiger partial charge in [-0.25, -0.2) is 9.97 Å². The molecule has 1 N–H and O–H groups in total. The van der Waals surface area contributed by atoms with Gasteiger partial charge in [-0.3, -0.25) is 10.1 Å². The van der Waals surface area contributed by atoms with Crippen LogP contribution < -0.4 is 10.1 Å². The number of anilines is 1. The lowest BCUT2D eigenvalue weighted by molar-refractivity contribution is -0.122. The van der Waals surface area contributed by atoms with Gasteiger partial charge in [-0.15, -0.1) is 0 Å².